The van der Waals surface area contributed by atoms with Gasteiger partial charge in [0.25, 0.3) is 0 Å². The van der Waals surface area contributed by atoms with E-state index < -0.39 is 50.4 Å². The first-order valence-electron chi connectivity index (χ1n) is 8.77. The molecule has 0 bridgehead atoms. The number of aliphatic hydroxyl groups excluding tert-OH is 1. The minimum absolute atomic E-state index is 0.138. The van der Waals surface area contributed by atoms with Crippen LogP contribution < -0.4 is 0 Å². The van der Waals surface area contributed by atoms with Crippen molar-refractivity contribution in [1.82, 2.24) is 4.31 Å². The Morgan fingerprint density at radius 1 is 1.06 bits per heavy atom. The quantitative estimate of drug-likeness (QED) is 0.629. The number of nitrogens with zero attached hydrogens (tertiary/aromatic N) is 3. The molecule has 12 heteroatoms. The van der Waals surface area contributed by atoms with Crippen molar-refractivity contribution in [3.05, 3.63) is 58.6 Å². The van der Waals surface area contributed by atoms with Gasteiger partial charge in [-0.05, 0) is 42.5 Å². The zero-order valence-corrected chi connectivity index (χ0v) is 18.2. The van der Waals surface area contributed by atoms with E-state index in [1.54, 1.807) is 0 Å². The van der Waals surface area contributed by atoms with E-state index in [0.29, 0.717) is 0 Å². The average molecular weight is 482 g/mol. The zero-order valence-electron chi connectivity index (χ0n) is 15.8. The van der Waals surface area contributed by atoms with E-state index in [4.69, 9.17) is 22.1 Å². The van der Waals surface area contributed by atoms with Gasteiger partial charge in [0.15, 0.2) is 9.84 Å². The molecule has 0 saturated carbocycles. The summed E-state index contributed by atoms with van der Waals surface area (Å²) in [4.78, 5) is -0.580. The van der Waals surface area contributed by atoms with Gasteiger partial charge in [-0.15, -0.1) is 0 Å². The summed E-state index contributed by atoms with van der Waals surface area (Å²) < 4.78 is 53.2. The topological polar surface area (TPSA) is 160 Å². The molecule has 0 amide bonds. The predicted molar refractivity (Wildman–Crippen MR) is 109 cm³/mol. The Morgan fingerprint density at radius 2 is 1.65 bits per heavy atom. The molecular weight excluding hydrogens is 466 g/mol. The number of nitriles is 2. The minimum Gasteiger partial charge on any atom is -0.393 e. The van der Waals surface area contributed by atoms with Gasteiger partial charge in [0, 0.05) is 13.1 Å². The van der Waals surface area contributed by atoms with Gasteiger partial charge in [-0.3, -0.25) is 0 Å². The first kappa shape index (κ1) is 23.2. The standard InChI is InChI=1S/C19H16ClN3O6S2/c20-16-7-14(9-22)3-6-17(16)31(28,29)23-10-18(19(25,11-23)12-24)30(26,27)15-4-1-13(8-21)2-5-15/h1-7,18,24-25H,10-12H2/t18-,19+/m0/s1. The van der Waals surface area contributed by atoms with Crippen LogP contribution in [0.3, 0.4) is 0 Å². The Labute approximate surface area is 184 Å². The van der Waals surface area contributed by atoms with Gasteiger partial charge in [0.05, 0.1) is 39.8 Å². The number of sulfonamides is 1. The second kappa shape index (κ2) is 8.20. The molecule has 2 aromatic rings. The number of aliphatic hydroxyl groups is 2. The molecule has 0 aromatic heterocycles. The maximum Gasteiger partial charge on any atom is 0.244 e. The number of sulfone groups is 1. The summed E-state index contributed by atoms with van der Waals surface area (Å²) in [7, 11) is -8.63. The van der Waals surface area contributed by atoms with E-state index in [1.165, 1.54) is 30.3 Å². The lowest BCUT2D eigenvalue weighted by atomic mass is 10.1. The van der Waals surface area contributed by atoms with E-state index >= 15 is 0 Å². The van der Waals surface area contributed by atoms with E-state index in [1.807, 2.05) is 12.1 Å². The summed E-state index contributed by atoms with van der Waals surface area (Å²) in [6, 6.07) is 12.1. The van der Waals surface area contributed by atoms with Gasteiger partial charge in [0.1, 0.15) is 15.7 Å². The molecule has 2 N–H and O–H groups in total. The van der Waals surface area contributed by atoms with Crippen LogP contribution >= 0.6 is 11.6 Å². The molecule has 0 aliphatic carbocycles. The summed E-state index contributed by atoms with van der Waals surface area (Å²) in [5, 5.41) is 36.5. The van der Waals surface area contributed by atoms with Gasteiger partial charge in [0.2, 0.25) is 10.0 Å². The maximum absolute atomic E-state index is 13.1. The highest BCUT2D eigenvalue weighted by molar-refractivity contribution is 7.92. The fourth-order valence-corrected chi connectivity index (χ4v) is 7.43. The molecule has 162 valence electrons. The highest BCUT2D eigenvalue weighted by Gasteiger charge is 2.55. The number of hydrogen-bond acceptors (Lipinski definition) is 8. The van der Waals surface area contributed by atoms with Crippen molar-refractivity contribution in [1.29, 1.82) is 10.5 Å². The summed E-state index contributed by atoms with van der Waals surface area (Å²) in [6.45, 7) is -2.30. The zero-order chi connectivity index (χ0) is 23.0. The fourth-order valence-electron chi connectivity index (χ4n) is 3.35. The van der Waals surface area contributed by atoms with Crippen LogP contribution in [-0.4, -0.2) is 61.9 Å². The monoisotopic (exact) mass is 481 g/mol. The van der Waals surface area contributed by atoms with Gasteiger partial charge in [-0.1, -0.05) is 11.6 Å². The molecule has 2 atom stereocenters. The molecule has 0 radical (unpaired) electrons. The van der Waals surface area contributed by atoms with E-state index in [0.717, 1.165) is 16.4 Å². The summed E-state index contributed by atoms with van der Waals surface area (Å²) >= 11 is 6.01. The Balaban J connectivity index is 2.02. The van der Waals surface area contributed by atoms with Crippen LogP contribution in [0.5, 0.6) is 0 Å². The number of benzene rings is 2. The van der Waals surface area contributed by atoms with Crippen molar-refractivity contribution in [2.45, 2.75) is 20.6 Å². The second-order valence-electron chi connectivity index (χ2n) is 6.99. The Hall–Kier alpha value is -2.51. The van der Waals surface area contributed by atoms with E-state index in [9.17, 15) is 27.0 Å². The largest absolute Gasteiger partial charge is 0.393 e. The third-order valence-corrected chi connectivity index (χ3v) is 9.62. The van der Waals surface area contributed by atoms with Crippen molar-refractivity contribution in [2.75, 3.05) is 19.7 Å². The number of rotatable bonds is 5. The van der Waals surface area contributed by atoms with Crippen LogP contribution in [0.15, 0.2) is 52.3 Å². The third kappa shape index (κ3) is 4.04. The van der Waals surface area contributed by atoms with Crippen LogP contribution in [0, 0.1) is 22.7 Å². The predicted octanol–water partition coefficient (Wildman–Crippen LogP) is 0.654. The first-order valence-corrected chi connectivity index (χ1v) is 12.1. The SMILES string of the molecule is N#Cc1ccc(S(=O)(=O)[C@H]2CN(S(=O)(=O)c3ccc(C#N)cc3Cl)C[C@@]2(O)CO)cc1. The summed E-state index contributed by atoms with van der Waals surface area (Å²) in [6.07, 6.45) is 0. The van der Waals surface area contributed by atoms with Crippen molar-refractivity contribution in [3.8, 4) is 12.1 Å². The Bertz CT molecular complexity index is 1310. The van der Waals surface area contributed by atoms with Gasteiger partial charge in [-0.2, -0.15) is 14.8 Å². The highest BCUT2D eigenvalue weighted by atomic mass is 35.5. The van der Waals surface area contributed by atoms with Crippen LogP contribution in [0.2, 0.25) is 5.02 Å². The normalized spacial score (nSPS) is 22.0. The molecule has 31 heavy (non-hydrogen) atoms. The van der Waals surface area contributed by atoms with Crippen molar-refractivity contribution >= 4 is 31.5 Å². The van der Waals surface area contributed by atoms with Crippen molar-refractivity contribution in [3.63, 3.8) is 0 Å². The third-order valence-electron chi connectivity index (χ3n) is 5.06. The van der Waals surface area contributed by atoms with Crippen molar-refractivity contribution in [2.24, 2.45) is 0 Å². The number of halogens is 1. The first-order chi connectivity index (χ1) is 14.5. The van der Waals surface area contributed by atoms with Crippen LogP contribution in [-0.2, 0) is 19.9 Å². The molecule has 1 aliphatic heterocycles. The molecule has 1 saturated heterocycles. The molecule has 2 aromatic carbocycles. The summed E-state index contributed by atoms with van der Waals surface area (Å²) in [5.41, 5.74) is -1.90. The van der Waals surface area contributed by atoms with Crippen LogP contribution in [0.4, 0.5) is 0 Å². The van der Waals surface area contributed by atoms with Crippen LogP contribution in [0.25, 0.3) is 0 Å². The van der Waals surface area contributed by atoms with Crippen LogP contribution in [0.1, 0.15) is 11.1 Å². The molecular formula is C19H16ClN3O6S2. The lowest BCUT2D eigenvalue weighted by molar-refractivity contribution is 0.00160. The molecule has 0 spiro atoms. The molecule has 1 aliphatic rings. The van der Waals surface area contributed by atoms with Gasteiger partial charge < -0.3 is 10.2 Å². The highest BCUT2D eigenvalue weighted by Crippen LogP contribution is 2.36. The molecule has 1 heterocycles. The lowest BCUT2D eigenvalue weighted by Gasteiger charge is -2.26. The minimum atomic E-state index is -4.35. The number of hydrogen-bond donors (Lipinski definition) is 2. The smallest absolute Gasteiger partial charge is 0.244 e. The van der Waals surface area contributed by atoms with Gasteiger partial charge in [-0.25, -0.2) is 16.8 Å². The molecule has 1 fully saturated rings. The fraction of sp³-hybridized carbons (Fsp3) is 0.263. The molecule has 0 unspecified atom stereocenters. The Morgan fingerprint density at radius 3 is 2.16 bits per heavy atom. The molecule has 9 nitrogen and oxygen atoms in total. The van der Waals surface area contributed by atoms with E-state index in [-0.39, 0.29) is 25.9 Å². The molecule has 3 rings (SSSR count). The maximum atomic E-state index is 13.1. The van der Waals surface area contributed by atoms with E-state index in [2.05, 4.69) is 0 Å². The second-order valence-corrected chi connectivity index (χ2v) is 11.4. The summed E-state index contributed by atoms with van der Waals surface area (Å²) in [5.74, 6) is 0. The van der Waals surface area contributed by atoms with Gasteiger partial charge >= 0.3 is 0 Å². The van der Waals surface area contributed by atoms with Crippen molar-refractivity contribution < 1.29 is 27.0 Å². The number of β-amino-alcohol motifs (C(OH)–C–C–N with tert-alkyl or cyclic N) is 1. The Kier molecular flexibility index (Phi) is 6.13. The lowest BCUT2D eigenvalue weighted by Crippen LogP contribution is -2.49. The average Bonchev–Trinajstić information content (AvgIpc) is 3.13.